The summed E-state index contributed by atoms with van der Waals surface area (Å²) in [5, 5.41) is 9.60. The number of rotatable bonds is 3. The number of aliphatic hydroxyl groups is 1. The molecule has 0 radical (unpaired) electrons. The third-order valence-corrected chi connectivity index (χ3v) is 4.87. The third kappa shape index (κ3) is 1.83. The van der Waals surface area contributed by atoms with Crippen LogP contribution in [0.2, 0.25) is 0 Å². The Labute approximate surface area is 104 Å². The van der Waals surface area contributed by atoms with Crippen molar-refractivity contribution in [3.8, 4) is 0 Å². The molecule has 1 aliphatic rings. The molecule has 1 aliphatic carbocycles. The minimum absolute atomic E-state index is 0.127. The molecule has 0 aliphatic heterocycles. The number of alkyl halides is 1. The Hall–Kier alpha value is -0.320. The number of aliphatic hydroxyl groups excluding tert-OH is 1. The summed E-state index contributed by atoms with van der Waals surface area (Å²) >= 11 is 3.66. The number of fused-ring (bicyclic) bond motifs is 1. The van der Waals surface area contributed by atoms with Gasteiger partial charge in [-0.2, -0.15) is 0 Å². The van der Waals surface area contributed by atoms with E-state index < -0.39 is 0 Å². The van der Waals surface area contributed by atoms with Crippen LogP contribution in [0.4, 0.5) is 0 Å². The summed E-state index contributed by atoms with van der Waals surface area (Å²) in [7, 11) is 1.65. The van der Waals surface area contributed by atoms with Crippen LogP contribution in [-0.4, -0.2) is 23.7 Å². The molecule has 0 fully saturated rings. The molecule has 0 saturated carbocycles. The molecule has 0 spiro atoms. The molecule has 1 heterocycles. The van der Waals surface area contributed by atoms with Gasteiger partial charge in [0.15, 0.2) is 0 Å². The molecule has 0 unspecified atom stereocenters. The zero-order valence-corrected chi connectivity index (χ0v) is 11.2. The van der Waals surface area contributed by atoms with Crippen LogP contribution in [0, 0.1) is 0 Å². The van der Waals surface area contributed by atoms with Gasteiger partial charge in [0.05, 0.1) is 6.61 Å². The van der Waals surface area contributed by atoms with E-state index in [9.17, 15) is 5.11 Å². The Kier molecular flexibility index (Phi) is 3.42. The average molecular weight is 289 g/mol. The number of aryl methyl sites for hydroxylation is 1. The standard InChI is InChI=1S/C12H17BrO3/c1-12(7-14)9-5-8(6-15-2)16-10(9)3-4-11(12)13/h5,11,14H,3-4,6-7H2,1-2H3/t11-,12-/m1/s1. The van der Waals surface area contributed by atoms with Crippen molar-refractivity contribution < 1.29 is 14.3 Å². The van der Waals surface area contributed by atoms with Gasteiger partial charge in [-0.25, -0.2) is 0 Å². The van der Waals surface area contributed by atoms with Crippen LogP contribution in [0.1, 0.15) is 30.4 Å². The Balaban J connectivity index is 2.39. The Morgan fingerprint density at radius 2 is 2.44 bits per heavy atom. The van der Waals surface area contributed by atoms with E-state index in [-0.39, 0.29) is 12.0 Å². The predicted octanol–water partition coefficient (Wildman–Crippen LogP) is 2.39. The third-order valence-electron chi connectivity index (χ3n) is 3.41. The van der Waals surface area contributed by atoms with Gasteiger partial charge in [-0.3, -0.25) is 0 Å². The summed E-state index contributed by atoms with van der Waals surface area (Å²) in [5.74, 6) is 1.84. The highest BCUT2D eigenvalue weighted by molar-refractivity contribution is 9.09. The highest BCUT2D eigenvalue weighted by Crippen LogP contribution is 2.42. The molecule has 1 aromatic rings. The van der Waals surface area contributed by atoms with Crippen molar-refractivity contribution in [3.05, 3.63) is 23.2 Å². The van der Waals surface area contributed by atoms with Crippen LogP contribution in [0.25, 0.3) is 0 Å². The number of hydrogen-bond donors (Lipinski definition) is 1. The summed E-state index contributed by atoms with van der Waals surface area (Å²) in [6.07, 6.45) is 1.91. The number of halogens is 1. The Morgan fingerprint density at radius 3 is 3.06 bits per heavy atom. The molecule has 1 aromatic heterocycles. The fourth-order valence-corrected chi connectivity index (χ4v) is 2.92. The summed E-state index contributed by atoms with van der Waals surface area (Å²) in [5.41, 5.74) is 0.874. The van der Waals surface area contributed by atoms with Gasteiger partial charge < -0.3 is 14.3 Å². The maximum atomic E-state index is 9.60. The number of furan rings is 1. The molecule has 0 amide bonds. The highest BCUT2D eigenvalue weighted by Gasteiger charge is 2.40. The van der Waals surface area contributed by atoms with Crippen molar-refractivity contribution in [3.63, 3.8) is 0 Å². The fourth-order valence-electron chi connectivity index (χ4n) is 2.30. The van der Waals surface area contributed by atoms with E-state index in [0.29, 0.717) is 11.4 Å². The fraction of sp³-hybridized carbons (Fsp3) is 0.667. The van der Waals surface area contributed by atoms with E-state index in [2.05, 4.69) is 22.9 Å². The van der Waals surface area contributed by atoms with Crippen molar-refractivity contribution in [1.82, 2.24) is 0 Å². The van der Waals surface area contributed by atoms with Gasteiger partial charge in [-0.1, -0.05) is 22.9 Å². The monoisotopic (exact) mass is 288 g/mol. The Morgan fingerprint density at radius 1 is 1.69 bits per heavy atom. The van der Waals surface area contributed by atoms with Gasteiger partial charge in [0.25, 0.3) is 0 Å². The maximum Gasteiger partial charge on any atom is 0.130 e. The smallest absolute Gasteiger partial charge is 0.130 e. The van der Waals surface area contributed by atoms with Crippen LogP contribution < -0.4 is 0 Å². The lowest BCUT2D eigenvalue weighted by atomic mass is 9.74. The van der Waals surface area contributed by atoms with Crippen LogP contribution in [-0.2, 0) is 23.2 Å². The van der Waals surface area contributed by atoms with Crippen molar-refractivity contribution in [2.75, 3.05) is 13.7 Å². The van der Waals surface area contributed by atoms with Crippen LogP contribution in [0.15, 0.2) is 10.5 Å². The summed E-state index contributed by atoms with van der Waals surface area (Å²) < 4.78 is 10.8. The van der Waals surface area contributed by atoms with Crippen LogP contribution >= 0.6 is 15.9 Å². The molecule has 90 valence electrons. The van der Waals surface area contributed by atoms with Crippen molar-refractivity contribution in [2.24, 2.45) is 0 Å². The maximum absolute atomic E-state index is 9.60. The molecule has 3 nitrogen and oxygen atoms in total. The topological polar surface area (TPSA) is 42.6 Å². The molecule has 4 heteroatoms. The molecule has 2 atom stereocenters. The summed E-state index contributed by atoms with van der Waals surface area (Å²) in [6.45, 7) is 2.68. The first kappa shape index (κ1) is 12.1. The molecule has 0 aromatic carbocycles. The normalized spacial score (nSPS) is 29.1. The molecule has 1 N–H and O–H groups in total. The van der Waals surface area contributed by atoms with Crippen LogP contribution in [0.3, 0.4) is 0 Å². The highest BCUT2D eigenvalue weighted by atomic mass is 79.9. The van der Waals surface area contributed by atoms with Crippen molar-refractivity contribution in [2.45, 2.75) is 36.6 Å². The van der Waals surface area contributed by atoms with Crippen molar-refractivity contribution in [1.29, 1.82) is 0 Å². The van der Waals surface area contributed by atoms with Gasteiger partial charge in [0, 0.05) is 29.3 Å². The lowest BCUT2D eigenvalue weighted by Crippen LogP contribution is -2.40. The molecular weight excluding hydrogens is 272 g/mol. The second-order valence-corrected chi connectivity index (χ2v) is 5.67. The quantitative estimate of drug-likeness (QED) is 0.869. The number of hydrogen-bond acceptors (Lipinski definition) is 3. The number of methoxy groups -OCH3 is 1. The zero-order chi connectivity index (χ0) is 11.8. The van der Waals surface area contributed by atoms with E-state index in [0.717, 1.165) is 29.9 Å². The molecule has 16 heavy (non-hydrogen) atoms. The van der Waals surface area contributed by atoms with E-state index in [1.54, 1.807) is 7.11 Å². The van der Waals surface area contributed by atoms with Crippen LogP contribution in [0.5, 0.6) is 0 Å². The van der Waals surface area contributed by atoms with E-state index in [4.69, 9.17) is 9.15 Å². The average Bonchev–Trinajstić information content (AvgIpc) is 2.68. The van der Waals surface area contributed by atoms with Gasteiger partial charge in [0.1, 0.15) is 18.1 Å². The lowest BCUT2D eigenvalue weighted by molar-refractivity contribution is 0.161. The Bertz CT molecular complexity index is 374. The minimum Gasteiger partial charge on any atom is -0.463 e. The molecule has 0 bridgehead atoms. The van der Waals surface area contributed by atoms with E-state index >= 15 is 0 Å². The second-order valence-electron chi connectivity index (χ2n) is 4.56. The number of ether oxygens (including phenoxy) is 1. The van der Waals surface area contributed by atoms with E-state index in [1.165, 1.54) is 0 Å². The van der Waals surface area contributed by atoms with Crippen molar-refractivity contribution >= 4 is 15.9 Å². The molecular formula is C12H17BrO3. The summed E-state index contributed by atoms with van der Waals surface area (Å²) in [6, 6.07) is 2.02. The predicted molar refractivity (Wildman–Crippen MR) is 64.9 cm³/mol. The molecule has 2 rings (SSSR count). The largest absolute Gasteiger partial charge is 0.463 e. The summed E-state index contributed by atoms with van der Waals surface area (Å²) in [4.78, 5) is 0.297. The van der Waals surface area contributed by atoms with Gasteiger partial charge >= 0.3 is 0 Å². The van der Waals surface area contributed by atoms with Gasteiger partial charge in [-0.05, 0) is 12.5 Å². The van der Waals surface area contributed by atoms with Gasteiger partial charge in [0.2, 0.25) is 0 Å². The molecule has 0 saturated heterocycles. The minimum atomic E-state index is -0.247. The second kappa shape index (κ2) is 4.51. The zero-order valence-electron chi connectivity index (χ0n) is 9.62. The first-order chi connectivity index (χ1) is 7.61. The SMILES string of the molecule is COCc1cc2c(o1)CC[C@@H](Br)[C@]2(C)CO. The van der Waals surface area contributed by atoms with Gasteiger partial charge in [-0.15, -0.1) is 0 Å². The lowest BCUT2D eigenvalue weighted by Gasteiger charge is -2.36. The van der Waals surface area contributed by atoms with E-state index in [1.807, 2.05) is 6.07 Å². The first-order valence-corrected chi connectivity index (χ1v) is 6.39. The first-order valence-electron chi connectivity index (χ1n) is 5.47.